The van der Waals surface area contributed by atoms with Gasteiger partial charge in [-0.2, -0.15) is 5.10 Å². The molecule has 31 heavy (non-hydrogen) atoms. The Labute approximate surface area is 176 Å². The van der Waals surface area contributed by atoms with Crippen LogP contribution < -0.4 is 10.3 Å². The molecule has 0 bridgehead atoms. The van der Waals surface area contributed by atoms with Gasteiger partial charge in [0.1, 0.15) is 5.75 Å². The first-order chi connectivity index (χ1) is 14.9. The van der Waals surface area contributed by atoms with Gasteiger partial charge < -0.3 is 14.4 Å². The summed E-state index contributed by atoms with van der Waals surface area (Å²) in [6.07, 6.45) is 9.49. The van der Waals surface area contributed by atoms with Gasteiger partial charge in [0.15, 0.2) is 0 Å². The number of carboxylic acids is 1. The number of aliphatic imine (C=N–C) groups is 1. The van der Waals surface area contributed by atoms with Crippen LogP contribution in [0, 0.1) is 0 Å². The standard InChI is InChI=1S/C22H18N4O5/c1-25-12-18(17(8-21(25)28)13-3-6-20(27)23-9-13)14-10-24-26(11-14)19-7-15(31-2)4-5-16(19)22(29)30/h3-13H,1-2H3,(H,29,30). The van der Waals surface area contributed by atoms with E-state index in [1.807, 2.05) is 0 Å². The second kappa shape index (κ2) is 7.86. The highest BCUT2D eigenvalue weighted by Gasteiger charge is 2.20. The van der Waals surface area contributed by atoms with Gasteiger partial charge in [0.25, 0.3) is 11.5 Å². The summed E-state index contributed by atoms with van der Waals surface area (Å²) < 4.78 is 8.11. The van der Waals surface area contributed by atoms with Crippen LogP contribution in [0.2, 0.25) is 0 Å². The summed E-state index contributed by atoms with van der Waals surface area (Å²) in [6.45, 7) is 0. The molecule has 156 valence electrons. The first kappa shape index (κ1) is 20.0. The monoisotopic (exact) mass is 418 g/mol. The van der Waals surface area contributed by atoms with E-state index in [0.717, 1.165) is 0 Å². The fourth-order valence-electron chi connectivity index (χ4n) is 3.38. The zero-order chi connectivity index (χ0) is 22.1. The highest BCUT2D eigenvalue weighted by molar-refractivity contribution is 5.99. The summed E-state index contributed by atoms with van der Waals surface area (Å²) in [5, 5.41) is 13.9. The van der Waals surface area contributed by atoms with Gasteiger partial charge in [-0.1, -0.05) is 6.08 Å². The molecule has 0 fully saturated rings. The largest absolute Gasteiger partial charge is 0.497 e. The lowest BCUT2D eigenvalue weighted by molar-refractivity contribution is -0.113. The molecule has 1 amide bonds. The fourth-order valence-corrected chi connectivity index (χ4v) is 3.38. The first-order valence-electron chi connectivity index (χ1n) is 9.31. The summed E-state index contributed by atoms with van der Waals surface area (Å²) in [5.41, 5.74) is 2.25. The highest BCUT2D eigenvalue weighted by Crippen LogP contribution is 2.30. The average molecular weight is 418 g/mol. The summed E-state index contributed by atoms with van der Waals surface area (Å²) in [7, 11) is 3.13. The number of hydrogen-bond donors (Lipinski definition) is 1. The van der Waals surface area contributed by atoms with Crippen LogP contribution in [0.25, 0.3) is 16.8 Å². The normalized spacial score (nSPS) is 15.3. The zero-order valence-corrected chi connectivity index (χ0v) is 16.7. The number of pyridine rings is 1. The number of methoxy groups -OCH3 is 1. The van der Waals surface area contributed by atoms with E-state index in [9.17, 15) is 19.5 Å². The molecule has 0 saturated heterocycles. The Bertz CT molecular complexity index is 1300. The van der Waals surface area contributed by atoms with E-state index in [4.69, 9.17) is 4.74 Å². The van der Waals surface area contributed by atoms with E-state index in [-0.39, 0.29) is 22.9 Å². The molecule has 1 N–H and O–H groups in total. The Morgan fingerprint density at radius 2 is 2.00 bits per heavy atom. The van der Waals surface area contributed by atoms with E-state index in [0.29, 0.717) is 28.1 Å². The van der Waals surface area contributed by atoms with Crippen LogP contribution in [0.3, 0.4) is 0 Å². The van der Waals surface area contributed by atoms with Crippen molar-refractivity contribution >= 4 is 18.1 Å². The van der Waals surface area contributed by atoms with Crippen LogP contribution in [0.5, 0.6) is 5.75 Å². The Morgan fingerprint density at radius 1 is 1.19 bits per heavy atom. The predicted octanol–water partition coefficient (Wildman–Crippen LogP) is 2.20. The number of allylic oxidation sites excluding steroid dienone is 1. The molecular formula is C22H18N4O5. The molecule has 0 saturated carbocycles. The smallest absolute Gasteiger partial charge is 0.337 e. The third kappa shape index (κ3) is 3.80. The maximum absolute atomic E-state index is 12.3. The molecule has 4 rings (SSSR count). The lowest BCUT2D eigenvalue weighted by Gasteiger charge is -2.15. The Morgan fingerprint density at radius 3 is 2.68 bits per heavy atom. The van der Waals surface area contributed by atoms with Crippen LogP contribution in [0.15, 0.2) is 64.8 Å². The van der Waals surface area contributed by atoms with Crippen molar-refractivity contribution in [1.82, 2.24) is 14.3 Å². The molecule has 2 aromatic heterocycles. The minimum Gasteiger partial charge on any atom is -0.497 e. The van der Waals surface area contributed by atoms with Gasteiger partial charge in [0.05, 0.1) is 24.6 Å². The van der Waals surface area contributed by atoms with Crippen LogP contribution in [0.1, 0.15) is 21.8 Å². The molecule has 9 nitrogen and oxygen atoms in total. The van der Waals surface area contributed by atoms with Gasteiger partial charge in [-0.3, -0.25) is 9.59 Å². The minimum atomic E-state index is -1.09. The molecule has 9 heteroatoms. The molecule has 1 unspecified atom stereocenters. The second-order valence-electron chi connectivity index (χ2n) is 6.95. The number of nitrogens with zero attached hydrogens (tertiary/aromatic N) is 4. The molecule has 1 aromatic carbocycles. The number of aromatic carboxylic acids is 1. The summed E-state index contributed by atoms with van der Waals surface area (Å²) >= 11 is 0. The van der Waals surface area contributed by atoms with Gasteiger partial charge in [0.2, 0.25) is 0 Å². The summed E-state index contributed by atoms with van der Waals surface area (Å²) in [4.78, 5) is 39.2. The maximum Gasteiger partial charge on any atom is 0.337 e. The number of carboxylic acid groups (broad SMARTS) is 1. The van der Waals surface area contributed by atoms with Crippen LogP contribution >= 0.6 is 0 Å². The third-order valence-corrected chi connectivity index (χ3v) is 5.00. The predicted molar refractivity (Wildman–Crippen MR) is 113 cm³/mol. The van der Waals surface area contributed by atoms with Crippen molar-refractivity contribution in [3.63, 3.8) is 0 Å². The van der Waals surface area contributed by atoms with Gasteiger partial charge in [0, 0.05) is 60.9 Å². The van der Waals surface area contributed by atoms with E-state index >= 15 is 0 Å². The van der Waals surface area contributed by atoms with Crippen molar-refractivity contribution in [3.8, 4) is 22.6 Å². The van der Waals surface area contributed by atoms with Gasteiger partial charge in [-0.05, 0) is 17.7 Å². The van der Waals surface area contributed by atoms with Gasteiger partial charge >= 0.3 is 5.97 Å². The number of aryl methyl sites for hydroxylation is 1. The SMILES string of the molecule is COc1ccc(C(=O)O)c(-n2cc(-c3cn(C)c(=O)cc3C3C=CC(=O)N=C3)cn2)c1. The quantitative estimate of drug-likeness (QED) is 0.679. The van der Waals surface area contributed by atoms with E-state index < -0.39 is 5.97 Å². The van der Waals surface area contributed by atoms with Crippen LogP contribution in [-0.4, -0.2) is 44.7 Å². The molecular weight excluding hydrogens is 400 g/mol. The Hall–Kier alpha value is -4.27. The molecule has 1 aliphatic rings. The van der Waals surface area contributed by atoms with Crippen molar-refractivity contribution in [3.05, 3.63) is 76.5 Å². The van der Waals surface area contributed by atoms with Crippen molar-refractivity contribution in [1.29, 1.82) is 0 Å². The maximum atomic E-state index is 12.3. The summed E-state index contributed by atoms with van der Waals surface area (Å²) in [5.74, 6) is -1.30. The number of carbonyl (C=O) groups excluding carboxylic acids is 1. The topological polar surface area (TPSA) is 116 Å². The molecule has 0 spiro atoms. The van der Waals surface area contributed by atoms with Gasteiger partial charge in [-0.15, -0.1) is 0 Å². The van der Waals surface area contributed by atoms with Gasteiger partial charge in [-0.25, -0.2) is 14.5 Å². The Balaban J connectivity index is 1.84. The lowest BCUT2D eigenvalue weighted by atomic mass is 9.92. The van der Waals surface area contributed by atoms with E-state index in [2.05, 4.69) is 10.1 Å². The number of ether oxygens (including phenoxy) is 1. The molecule has 0 aliphatic carbocycles. The second-order valence-corrected chi connectivity index (χ2v) is 6.95. The Kier molecular flexibility index (Phi) is 5.08. The molecule has 1 atom stereocenters. The number of rotatable bonds is 5. The summed E-state index contributed by atoms with van der Waals surface area (Å²) in [6, 6.07) is 6.11. The van der Waals surface area contributed by atoms with E-state index in [1.165, 1.54) is 40.8 Å². The average Bonchev–Trinajstić information content (AvgIpc) is 3.25. The van der Waals surface area contributed by atoms with E-state index in [1.54, 1.807) is 43.8 Å². The number of carbonyl (C=O) groups is 2. The van der Waals surface area contributed by atoms with Crippen molar-refractivity contribution in [2.45, 2.75) is 5.92 Å². The highest BCUT2D eigenvalue weighted by atomic mass is 16.5. The number of hydrogen-bond acceptors (Lipinski definition) is 5. The number of amides is 1. The van der Waals surface area contributed by atoms with Crippen LogP contribution in [-0.2, 0) is 11.8 Å². The fraction of sp³-hybridized carbons (Fsp3) is 0.136. The van der Waals surface area contributed by atoms with Crippen molar-refractivity contribution in [2.75, 3.05) is 7.11 Å². The minimum absolute atomic E-state index is 0.0667. The first-order valence-corrected chi connectivity index (χ1v) is 9.31. The lowest BCUT2D eigenvalue weighted by Crippen LogP contribution is -2.18. The molecule has 3 aromatic rings. The van der Waals surface area contributed by atoms with Crippen molar-refractivity contribution < 1.29 is 19.4 Å². The molecule has 1 aliphatic heterocycles. The number of benzene rings is 1. The molecule has 3 heterocycles. The molecule has 0 radical (unpaired) electrons. The third-order valence-electron chi connectivity index (χ3n) is 5.00. The number of aromatic nitrogens is 3. The van der Waals surface area contributed by atoms with Crippen molar-refractivity contribution in [2.24, 2.45) is 12.0 Å². The number of dihydropyridines is 1. The zero-order valence-electron chi connectivity index (χ0n) is 16.7. The van der Waals surface area contributed by atoms with Crippen LogP contribution in [0.4, 0.5) is 0 Å².